The van der Waals surface area contributed by atoms with Gasteiger partial charge in [-0.25, -0.2) is 0 Å². The fraction of sp³-hybridized carbons (Fsp3) is 0.538. The van der Waals surface area contributed by atoms with Gasteiger partial charge in [-0.1, -0.05) is 6.07 Å². The topological polar surface area (TPSA) is 71.0 Å². The Labute approximate surface area is 107 Å². The number of hydrogen-bond donors (Lipinski definition) is 3. The van der Waals surface area contributed by atoms with Gasteiger partial charge in [-0.15, -0.1) is 0 Å². The Morgan fingerprint density at radius 2 is 2.00 bits per heavy atom. The van der Waals surface area contributed by atoms with Gasteiger partial charge in [-0.2, -0.15) is 0 Å². The van der Waals surface area contributed by atoms with E-state index in [-0.39, 0.29) is 6.61 Å². The average molecular weight is 255 g/mol. The zero-order chi connectivity index (χ0) is 13.5. The number of aliphatic hydroxyl groups is 2. The van der Waals surface area contributed by atoms with Crippen LogP contribution >= 0.6 is 0 Å². The third-order valence-corrected chi connectivity index (χ3v) is 2.77. The average Bonchev–Trinajstić information content (AvgIpc) is 2.39. The molecule has 1 aromatic rings. The summed E-state index contributed by atoms with van der Waals surface area (Å²) in [6.45, 7) is 2.59. The van der Waals surface area contributed by atoms with Crippen molar-refractivity contribution in [3.63, 3.8) is 0 Å². The van der Waals surface area contributed by atoms with Gasteiger partial charge in [0.05, 0.1) is 26.9 Å². The summed E-state index contributed by atoms with van der Waals surface area (Å²) < 4.78 is 10.6. The minimum atomic E-state index is -0.740. The first-order valence-electron chi connectivity index (χ1n) is 5.84. The van der Waals surface area contributed by atoms with Crippen LogP contribution in [-0.4, -0.2) is 43.7 Å². The van der Waals surface area contributed by atoms with Crippen molar-refractivity contribution in [3.8, 4) is 11.5 Å². The molecule has 1 aromatic carbocycles. The number of aliphatic hydroxyl groups excluding tert-OH is 2. The van der Waals surface area contributed by atoms with Gasteiger partial charge < -0.3 is 25.0 Å². The molecule has 5 nitrogen and oxygen atoms in total. The molecule has 102 valence electrons. The zero-order valence-corrected chi connectivity index (χ0v) is 11.1. The summed E-state index contributed by atoms with van der Waals surface area (Å²) in [5, 5.41) is 21.0. The van der Waals surface area contributed by atoms with Gasteiger partial charge in [0, 0.05) is 24.2 Å². The Kier molecular flexibility index (Phi) is 5.91. The van der Waals surface area contributed by atoms with Gasteiger partial charge in [0.25, 0.3) is 0 Å². The lowest BCUT2D eigenvalue weighted by Gasteiger charge is -2.15. The van der Waals surface area contributed by atoms with E-state index in [0.717, 1.165) is 22.6 Å². The quantitative estimate of drug-likeness (QED) is 0.660. The third-order valence-electron chi connectivity index (χ3n) is 2.77. The van der Waals surface area contributed by atoms with Crippen LogP contribution in [0.15, 0.2) is 12.1 Å². The summed E-state index contributed by atoms with van der Waals surface area (Å²) in [5.74, 6) is 1.56. The predicted molar refractivity (Wildman–Crippen MR) is 69.1 cm³/mol. The van der Waals surface area contributed by atoms with Gasteiger partial charge in [0.2, 0.25) is 0 Å². The van der Waals surface area contributed by atoms with Crippen LogP contribution in [0.1, 0.15) is 11.1 Å². The highest BCUT2D eigenvalue weighted by atomic mass is 16.5. The summed E-state index contributed by atoms with van der Waals surface area (Å²) in [4.78, 5) is 0. The Hall–Kier alpha value is -1.30. The molecule has 1 rings (SSSR count). The highest BCUT2D eigenvalue weighted by molar-refractivity contribution is 5.49. The standard InChI is InChI=1S/C13H21NO4/c1-9-12(17-2)5-4-10(13(9)18-3)6-14-7-11(16)8-15/h4-5,11,14-16H,6-8H2,1-3H3. The highest BCUT2D eigenvalue weighted by Gasteiger charge is 2.11. The predicted octanol–water partition coefficient (Wildman–Crippen LogP) is 0.455. The van der Waals surface area contributed by atoms with E-state index < -0.39 is 6.10 Å². The van der Waals surface area contributed by atoms with Crippen molar-refractivity contribution < 1.29 is 19.7 Å². The Bertz CT molecular complexity index is 381. The molecule has 5 heteroatoms. The molecule has 18 heavy (non-hydrogen) atoms. The van der Waals surface area contributed by atoms with Crippen LogP contribution in [0.2, 0.25) is 0 Å². The van der Waals surface area contributed by atoms with Crippen molar-refractivity contribution in [1.82, 2.24) is 5.32 Å². The maximum atomic E-state index is 9.24. The van der Waals surface area contributed by atoms with Gasteiger partial charge in [-0.3, -0.25) is 0 Å². The molecule has 0 bridgehead atoms. The van der Waals surface area contributed by atoms with E-state index in [4.69, 9.17) is 14.6 Å². The van der Waals surface area contributed by atoms with Crippen molar-refractivity contribution >= 4 is 0 Å². The number of rotatable bonds is 7. The smallest absolute Gasteiger partial charge is 0.129 e. The first kappa shape index (κ1) is 14.8. The second-order valence-electron chi connectivity index (χ2n) is 4.05. The molecular formula is C13H21NO4. The maximum Gasteiger partial charge on any atom is 0.129 e. The monoisotopic (exact) mass is 255 g/mol. The Morgan fingerprint density at radius 1 is 1.28 bits per heavy atom. The highest BCUT2D eigenvalue weighted by Crippen LogP contribution is 2.31. The van der Waals surface area contributed by atoms with Gasteiger partial charge in [-0.05, 0) is 13.0 Å². The van der Waals surface area contributed by atoms with Crippen LogP contribution in [-0.2, 0) is 6.54 Å². The number of benzene rings is 1. The molecular weight excluding hydrogens is 234 g/mol. The van der Waals surface area contributed by atoms with Crippen LogP contribution in [0.4, 0.5) is 0 Å². The van der Waals surface area contributed by atoms with E-state index in [0.29, 0.717) is 13.1 Å². The Morgan fingerprint density at radius 3 is 2.56 bits per heavy atom. The summed E-state index contributed by atoms with van der Waals surface area (Å²) in [6.07, 6.45) is -0.740. The fourth-order valence-electron chi connectivity index (χ4n) is 1.81. The molecule has 1 atom stereocenters. The first-order chi connectivity index (χ1) is 8.63. The van der Waals surface area contributed by atoms with Crippen molar-refractivity contribution in [2.75, 3.05) is 27.4 Å². The first-order valence-corrected chi connectivity index (χ1v) is 5.84. The van der Waals surface area contributed by atoms with Gasteiger partial charge >= 0.3 is 0 Å². The zero-order valence-electron chi connectivity index (χ0n) is 11.1. The molecule has 3 N–H and O–H groups in total. The molecule has 0 aliphatic heterocycles. The minimum Gasteiger partial charge on any atom is -0.496 e. The SMILES string of the molecule is COc1ccc(CNCC(O)CO)c(OC)c1C. The molecule has 0 radical (unpaired) electrons. The lowest BCUT2D eigenvalue weighted by atomic mass is 10.1. The molecule has 0 amide bonds. The van der Waals surface area contributed by atoms with Gasteiger partial charge in [0.1, 0.15) is 11.5 Å². The number of methoxy groups -OCH3 is 2. The molecule has 0 aromatic heterocycles. The molecule has 0 heterocycles. The van der Waals surface area contributed by atoms with Crippen LogP contribution in [0.3, 0.4) is 0 Å². The minimum absolute atomic E-state index is 0.244. The third kappa shape index (κ3) is 3.60. The molecule has 0 saturated carbocycles. The van der Waals surface area contributed by atoms with E-state index in [1.54, 1.807) is 14.2 Å². The van der Waals surface area contributed by atoms with Crippen LogP contribution < -0.4 is 14.8 Å². The second-order valence-corrected chi connectivity index (χ2v) is 4.05. The maximum absolute atomic E-state index is 9.24. The number of nitrogens with one attached hydrogen (secondary N) is 1. The van der Waals surface area contributed by atoms with E-state index >= 15 is 0 Å². The molecule has 0 aliphatic rings. The second kappa shape index (κ2) is 7.20. The van der Waals surface area contributed by atoms with Crippen LogP contribution in [0.25, 0.3) is 0 Å². The summed E-state index contributed by atoms with van der Waals surface area (Å²) in [6, 6.07) is 3.81. The molecule has 1 unspecified atom stereocenters. The van der Waals surface area contributed by atoms with Gasteiger partial charge in [0.15, 0.2) is 0 Å². The largest absolute Gasteiger partial charge is 0.496 e. The van der Waals surface area contributed by atoms with Crippen LogP contribution in [0, 0.1) is 6.92 Å². The summed E-state index contributed by atoms with van der Waals surface area (Å²) in [7, 11) is 3.24. The van der Waals surface area contributed by atoms with E-state index in [1.165, 1.54) is 0 Å². The van der Waals surface area contributed by atoms with E-state index in [2.05, 4.69) is 5.32 Å². The fourth-order valence-corrected chi connectivity index (χ4v) is 1.81. The molecule has 0 spiro atoms. The van der Waals surface area contributed by atoms with Crippen molar-refractivity contribution in [2.45, 2.75) is 19.6 Å². The lowest BCUT2D eigenvalue weighted by Crippen LogP contribution is -2.29. The van der Waals surface area contributed by atoms with Crippen molar-refractivity contribution in [3.05, 3.63) is 23.3 Å². The van der Waals surface area contributed by atoms with Crippen molar-refractivity contribution in [2.24, 2.45) is 0 Å². The summed E-state index contributed by atoms with van der Waals surface area (Å²) in [5.41, 5.74) is 1.93. The van der Waals surface area contributed by atoms with Crippen molar-refractivity contribution in [1.29, 1.82) is 0 Å². The lowest BCUT2D eigenvalue weighted by molar-refractivity contribution is 0.0942. The summed E-state index contributed by atoms with van der Waals surface area (Å²) >= 11 is 0. The van der Waals surface area contributed by atoms with E-state index in [1.807, 2.05) is 19.1 Å². The number of hydrogen-bond acceptors (Lipinski definition) is 5. The molecule has 0 saturated heterocycles. The normalized spacial score (nSPS) is 12.3. The Balaban J connectivity index is 2.74. The van der Waals surface area contributed by atoms with E-state index in [9.17, 15) is 5.11 Å². The molecule has 0 fully saturated rings. The number of ether oxygens (including phenoxy) is 2. The van der Waals surface area contributed by atoms with Crippen LogP contribution in [0.5, 0.6) is 11.5 Å². The molecule has 0 aliphatic carbocycles.